The van der Waals surface area contributed by atoms with Crippen molar-refractivity contribution in [2.75, 3.05) is 6.54 Å². The molecule has 1 fully saturated rings. The van der Waals surface area contributed by atoms with Gasteiger partial charge < -0.3 is 10.4 Å². The molecule has 1 saturated carbocycles. The quantitative estimate of drug-likeness (QED) is 0.753. The van der Waals surface area contributed by atoms with Crippen LogP contribution in [0.25, 0.3) is 0 Å². The van der Waals surface area contributed by atoms with Gasteiger partial charge in [-0.1, -0.05) is 6.92 Å². The van der Waals surface area contributed by atoms with Crippen LogP contribution in [-0.4, -0.2) is 23.5 Å². The van der Waals surface area contributed by atoms with Crippen molar-refractivity contribution in [2.45, 2.75) is 32.6 Å². The molecule has 110 valence electrons. The first-order chi connectivity index (χ1) is 9.43. The highest BCUT2D eigenvalue weighted by molar-refractivity contribution is 14.1. The Hall–Kier alpha value is -0.630. The first kappa shape index (κ1) is 15.8. The maximum atomic E-state index is 12.0. The van der Waals surface area contributed by atoms with Gasteiger partial charge >= 0.3 is 5.97 Å². The lowest BCUT2D eigenvalue weighted by molar-refractivity contribution is -0.151. The Morgan fingerprint density at radius 3 is 2.65 bits per heavy atom. The van der Waals surface area contributed by atoms with Crippen LogP contribution in [0, 0.1) is 14.2 Å². The Labute approximate surface area is 136 Å². The van der Waals surface area contributed by atoms with E-state index in [9.17, 15) is 14.7 Å². The van der Waals surface area contributed by atoms with Crippen LogP contribution in [0.3, 0.4) is 0 Å². The van der Waals surface area contributed by atoms with Crippen LogP contribution in [0.5, 0.6) is 0 Å². The average Bonchev–Trinajstić information content (AvgIpc) is 2.84. The van der Waals surface area contributed by atoms with Crippen molar-refractivity contribution < 1.29 is 14.7 Å². The summed E-state index contributed by atoms with van der Waals surface area (Å²) in [7, 11) is 0. The third kappa shape index (κ3) is 3.52. The number of hydrogen-bond acceptors (Lipinski definition) is 3. The zero-order chi connectivity index (χ0) is 14.8. The predicted octanol–water partition coefficient (Wildman–Crippen LogP) is 3.36. The van der Waals surface area contributed by atoms with Crippen molar-refractivity contribution in [3.63, 3.8) is 0 Å². The first-order valence-electron chi connectivity index (χ1n) is 6.68. The molecule has 2 rings (SSSR count). The maximum absolute atomic E-state index is 12.0. The minimum atomic E-state index is -0.787. The molecule has 0 aromatic carbocycles. The number of amides is 1. The smallest absolute Gasteiger partial charge is 0.311 e. The normalized spacial score (nSPS) is 26.2. The number of rotatable bonds is 4. The number of carbonyl (C=O) groups is 2. The SMILES string of the molecule is CC1CCC(CNC(=O)c2csc(I)c2)(C(=O)O)CC1. The Bertz CT molecular complexity index is 506. The van der Waals surface area contributed by atoms with Crippen molar-refractivity contribution in [2.24, 2.45) is 11.3 Å². The number of thiophene rings is 1. The summed E-state index contributed by atoms with van der Waals surface area (Å²) < 4.78 is 1.05. The summed E-state index contributed by atoms with van der Waals surface area (Å²) >= 11 is 3.68. The van der Waals surface area contributed by atoms with Crippen molar-refractivity contribution >= 4 is 45.8 Å². The molecule has 0 bridgehead atoms. The highest BCUT2D eigenvalue weighted by Crippen LogP contribution is 2.38. The topological polar surface area (TPSA) is 66.4 Å². The molecule has 0 spiro atoms. The van der Waals surface area contributed by atoms with Gasteiger partial charge in [0.1, 0.15) is 0 Å². The minimum Gasteiger partial charge on any atom is -0.481 e. The van der Waals surface area contributed by atoms with E-state index in [2.05, 4.69) is 34.8 Å². The zero-order valence-corrected chi connectivity index (χ0v) is 14.3. The molecule has 0 aliphatic heterocycles. The molecule has 1 heterocycles. The summed E-state index contributed by atoms with van der Waals surface area (Å²) in [6.07, 6.45) is 3.12. The van der Waals surface area contributed by atoms with E-state index in [4.69, 9.17) is 0 Å². The maximum Gasteiger partial charge on any atom is 0.311 e. The van der Waals surface area contributed by atoms with Gasteiger partial charge in [-0.25, -0.2) is 0 Å². The summed E-state index contributed by atoms with van der Waals surface area (Å²) in [6.45, 7) is 2.37. The fourth-order valence-corrected chi connectivity index (χ4v) is 3.89. The number of hydrogen-bond donors (Lipinski definition) is 2. The lowest BCUT2D eigenvalue weighted by Gasteiger charge is -2.35. The molecule has 0 atom stereocenters. The molecule has 1 amide bonds. The Balaban J connectivity index is 1.99. The van der Waals surface area contributed by atoms with E-state index in [0.717, 1.165) is 15.7 Å². The van der Waals surface area contributed by atoms with Crippen LogP contribution >= 0.6 is 33.9 Å². The standard InChI is InChI=1S/C14H18INO3S/c1-9-2-4-14(5-3-9,13(18)19)8-16-12(17)10-6-11(15)20-7-10/h6-7,9H,2-5,8H2,1H3,(H,16,17)(H,18,19). The molecule has 1 aliphatic carbocycles. The second-order valence-electron chi connectivity index (χ2n) is 5.59. The van der Waals surface area contributed by atoms with Gasteiger partial charge in [-0.2, -0.15) is 0 Å². The van der Waals surface area contributed by atoms with Gasteiger partial charge in [0, 0.05) is 11.9 Å². The molecule has 6 heteroatoms. The predicted molar refractivity (Wildman–Crippen MR) is 87.1 cm³/mol. The number of aliphatic carboxylic acids is 1. The lowest BCUT2D eigenvalue weighted by Crippen LogP contribution is -2.45. The van der Waals surface area contributed by atoms with E-state index in [-0.39, 0.29) is 12.5 Å². The van der Waals surface area contributed by atoms with E-state index in [1.54, 1.807) is 5.38 Å². The molecule has 1 aromatic rings. The van der Waals surface area contributed by atoms with Crippen LogP contribution in [-0.2, 0) is 4.79 Å². The zero-order valence-electron chi connectivity index (χ0n) is 11.3. The highest BCUT2D eigenvalue weighted by Gasteiger charge is 2.41. The van der Waals surface area contributed by atoms with Gasteiger partial charge in [-0.05, 0) is 60.3 Å². The Morgan fingerprint density at radius 1 is 1.50 bits per heavy atom. The number of carbonyl (C=O) groups excluding carboxylic acids is 1. The summed E-state index contributed by atoms with van der Waals surface area (Å²) in [5, 5.41) is 14.1. The average molecular weight is 407 g/mol. The van der Waals surface area contributed by atoms with E-state index < -0.39 is 11.4 Å². The minimum absolute atomic E-state index is 0.177. The molecule has 0 radical (unpaired) electrons. The van der Waals surface area contributed by atoms with Crippen LogP contribution in [0.4, 0.5) is 0 Å². The van der Waals surface area contributed by atoms with Gasteiger partial charge in [-0.3, -0.25) is 9.59 Å². The van der Waals surface area contributed by atoms with Crippen LogP contribution in [0.15, 0.2) is 11.4 Å². The molecule has 20 heavy (non-hydrogen) atoms. The van der Waals surface area contributed by atoms with E-state index in [1.165, 1.54) is 11.3 Å². The van der Waals surface area contributed by atoms with Crippen LogP contribution in [0.1, 0.15) is 43.0 Å². The number of nitrogens with one attached hydrogen (secondary N) is 1. The van der Waals surface area contributed by atoms with Crippen molar-refractivity contribution in [3.05, 3.63) is 19.9 Å². The molecule has 0 saturated heterocycles. The largest absolute Gasteiger partial charge is 0.481 e. The third-order valence-corrected chi connectivity index (χ3v) is 5.89. The van der Waals surface area contributed by atoms with Gasteiger partial charge in [0.15, 0.2) is 0 Å². The first-order valence-corrected chi connectivity index (χ1v) is 8.64. The monoisotopic (exact) mass is 407 g/mol. The van der Waals surface area contributed by atoms with Crippen LogP contribution in [0.2, 0.25) is 0 Å². The van der Waals surface area contributed by atoms with Gasteiger partial charge in [-0.15, -0.1) is 11.3 Å². The van der Waals surface area contributed by atoms with E-state index >= 15 is 0 Å². The fourth-order valence-electron chi connectivity index (χ4n) is 2.56. The molecular formula is C14H18INO3S. The fraction of sp³-hybridized carbons (Fsp3) is 0.571. The second kappa shape index (κ2) is 6.43. The number of carboxylic acid groups (broad SMARTS) is 1. The summed E-state index contributed by atoms with van der Waals surface area (Å²) in [5.74, 6) is -0.385. The third-order valence-electron chi connectivity index (χ3n) is 4.10. The molecule has 0 unspecified atom stereocenters. The van der Waals surface area contributed by atoms with Gasteiger partial charge in [0.05, 0.1) is 13.9 Å². The summed E-state index contributed by atoms with van der Waals surface area (Å²) in [5.41, 5.74) is -0.171. The summed E-state index contributed by atoms with van der Waals surface area (Å²) in [6, 6.07) is 1.82. The Kier molecular flexibility index (Phi) is 5.06. The molecule has 4 nitrogen and oxygen atoms in total. The second-order valence-corrected chi connectivity index (χ2v) is 8.40. The molecular weight excluding hydrogens is 389 g/mol. The van der Waals surface area contributed by atoms with Crippen LogP contribution < -0.4 is 5.32 Å². The number of halogens is 1. The molecule has 1 aliphatic rings. The van der Waals surface area contributed by atoms with Gasteiger partial charge in [0.25, 0.3) is 5.91 Å². The molecule has 2 N–H and O–H groups in total. The summed E-state index contributed by atoms with van der Waals surface area (Å²) in [4.78, 5) is 23.6. The van der Waals surface area contributed by atoms with Crippen molar-refractivity contribution in [1.29, 1.82) is 0 Å². The Morgan fingerprint density at radius 2 is 2.15 bits per heavy atom. The number of carboxylic acids is 1. The van der Waals surface area contributed by atoms with E-state index in [0.29, 0.717) is 24.3 Å². The molecule has 1 aromatic heterocycles. The lowest BCUT2D eigenvalue weighted by atomic mass is 9.71. The van der Waals surface area contributed by atoms with Crippen molar-refractivity contribution in [3.8, 4) is 0 Å². The van der Waals surface area contributed by atoms with Gasteiger partial charge in [0.2, 0.25) is 0 Å². The van der Waals surface area contributed by atoms with E-state index in [1.807, 2.05) is 6.07 Å². The van der Waals surface area contributed by atoms with Crippen molar-refractivity contribution in [1.82, 2.24) is 5.32 Å². The highest BCUT2D eigenvalue weighted by atomic mass is 127.